The summed E-state index contributed by atoms with van der Waals surface area (Å²) < 4.78 is 18.3. The number of amides is 2. The molecule has 0 aliphatic carbocycles. The fraction of sp³-hybridized carbons (Fsp3) is 0.346. The van der Waals surface area contributed by atoms with Crippen molar-refractivity contribution in [3.63, 3.8) is 0 Å². The Hall–Kier alpha value is -4.45. The van der Waals surface area contributed by atoms with E-state index in [2.05, 4.69) is 26.2 Å². The van der Waals surface area contributed by atoms with Crippen LogP contribution in [0.5, 0.6) is 11.5 Å². The molecule has 1 saturated heterocycles. The molecular weight excluding hydrogens is 490 g/mol. The second kappa shape index (κ2) is 10.9. The molecule has 0 bridgehead atoms. The van der Waals surface area contributed by atoms with E-state index in [0.29, 0.717) is 66.3 Å². The zero-order valence-electron chi connectivity index (χ0n) is 21.4. The molecule has 2 aromatic carbocycles. The number of benzene rings is 2. The van der Waals surface area contributed by atoms with Crippen molar-refractivity contribution in [3.8, 4) is 11.5 Å². The van der Waals surface area contributed by atoms with Gasteiger partial charge in [0.2, 0.25) is 5.95 Å². The number of morpholine rings is 1. The third-order valence-corrected chi connectivity index (χ3v) is 6.57. The maximum atomic E-state index is 13.6. The minimum atomic E-state index is -0.636. The summed E-state index contributed by atoms with van der Waals surface area (Å²) in [6, 6.07) is 12.2. The number of allylic oxidation sites excluding steroid dienone is 1. The summed E-state index contributed by atoms with van der Waals surface area (Å²) in [7, 11) is 1.52. The van der Waals surface area contributed by atoms with Crippen LogP contribution in [0.4, 0.5) is 11.6 Å². The summed E-state index contributed by atoms with van der Waals surface area (Å²) in [5, 5.41) is 18.1. The van der Waals surface area contributed by atoms with Crippen LogP contribution in [-0.4, -0.2) is 76.9 Å². The average Bonchev–Trinajstić information content (AvgIpc) is 3.40. The Bertz CT molecular complexity index is 1380. The highest BCUT2D eigenvalue weighted by atomic mass is 16.5. The monoisotopic (exact) mass is 519 g/mol. The van der Waals surface area contributed by atoms with Gasteiger partial charge >= 0.3 is 0 Å². The summed E-state index contributed by atoms with van der Waals surface area (Å²) in [6.07, 6.45) is 0. The average molecular weight is 520 g/mol. The van der Waals surface area contributed by atoms with Crippen LogP contribution in [0.2, 0.25) is 0 Å². The summed E-state index contributed by atoms with van der Waals surface area (Å²) in [5.41, 5.74) is 3.44. The molecule has 1 unspecified atom stereocenters. The molecule has 0 spiro atoms. The minimum absolute atomic E-state index is 0.121. The standard InChI is InChI=1S/C26H29N7O5/c1-16-6-4-5-7-19(16)28-25(35)23-17(2)27-26-29-30-31-33(26)24(23)18-8-9-20(21(14-18)36-3)38-15-22(34)32-10-12-37-13-11-32/h4-9,14,24H,10-13,15H2,1-3H3,(H,28,35)(H,27,29,31). The molecule has 12 nitrogen and oxygen atoms in total. The third kappa shape index (κ3) is 5.02. The largest absolute Gasteiger partial charge is 0.493 e. The summed E-state index contributed by atoms with van der Waals surface area (Å²) in [5.74, 6) is 0.836. The number of nitrogens with zero attached hydrogens (tertiary/aromatic N) is 5. The molecule has 198 valence electrons. The van der Waals surface area contributed by atoms with Gasteiger partial charge in [0, 0.05) is 24.5 Å². The molecule has 2 aliphatic heterocycles. The van der Waals surface area contributed by atoms with Crippen LogP contribution in [-0.2, 0) is 14.3 Å². The van der Waals surface area contributed by atoms with E-state index in [4.69, 9.17) is 14.2 Å². The van der Waals surface area contributed by atoms with E-state index in [-0.39, 0.29) is 18.4 Å². The molecule has 1 aromatic heterocycles. The molecular formula is C26H29N7O5. The SMILES string of the molecule is COc1cc(C2C(C(=O)Nc3ccccc3C)=C(C)Nc3nnnn32)ccc1OCC(=O)N1CCOCC1. The van der Waals surface area contributed by atoms with Gasteiger partial charge in [-0.05, 0) is 53.6 Å². The lowest BCUT2D eigenvalue weighted by atomic mass is 9.94. The second-order valence-corrected chi connectivity index (χ2v) is 8.97. The number of carbonyl (C=O) groups excluding carboxylic acids is 2. The van der Waals surface area contributed by atoms with Gasteiger partial charge in [-0.15, -0.1) is 0 Å². The first-order valence-corrected chi connectivity index (χ1v) is 12.2. The minimum Gasteiger partial charge on any atom is -0.493 e. The van der Waals surface area contributed by atoms with E-state index in [1.807, 2.05) is 44.2 Å². The van der Waals surface area contributed by atoms with Crippen molar-refractivity contribution in [1.82, 2.24) is 25.1 Å². The number of hydrogen-bond acceptors (Lipinski definition) is 9. The Labute approximate surface area is 219 Å². The molecule has 12 heteroatoms. The molecule has 0 radical (unpaired) electrons. The lowest BCUT2D eigenvalue weighted by molar-refractivity contribution is -0.137. The van der Waals surface area contributed by atoms with Gasteiger partial charge in [-0.3, -0.25) is 9.59 Å². The number of ether oxygens (including phenoxy) is 3. The topological polar surface area (TPSA) is 133 Å². The molecule has 5 rings (SSSR count). The van der Waals surface area contributed by atoms with Gasteiger partial charge < -0.3 is 29.7 Å². The van der Waals surface area contributed by atoms with Crippen molar-refractivity contribution in [3.05, 3.63) is 64.9 Å². The number of rotatable bonds is 7. The third-order valence-electron chi connectivity index (χ3n) is 6.57. The number of carbonyl (C=O) groups is 2. The van der Waals surface area contributed by atoms with Crippen molar-refractivity contribution in [2.75, 3.05) is 50.7 Å². The van der Waals surface area contributed by atoms with E-state index < -0.39 is 6.04 Å². The van der Waals surface area contributed by atoms with Crippen molar-refractivity contribution in [1.29, 1.82) is 0 Å². The quantitative estimate of drug-likeness (QED) is 0.482. The van der Waals surface area contributed by atoms with Crippen molar-refractivity contribution >= 4 is 23.5 Å². The number of fused-ring (bicyclic) bond motifs is 1. The Morgan fingerprint density at radius 3 is 2.68 bits per heavy atom. The molecule has 3 heterocycles. The maximum Gasteiger partial charge on any atom is 0.260 e. The number of anilines is 2. The zero-order valence-corrected chi connectivity index (χ0v) is 21.4. The van der Waals surface area contributed by atoms with E-state index in [1.165, 1.54) is 7.11 Å². The number of para-hydroxylation sites is 1. The Balaban J connectivity index is 1.43. The van der Waals surface area contributed by atoms with Crippen LogP contribution >= 0.6 is 0 Å². The van der Waals surface area contributed by atoms with Crippen molar-refractivity contribution < 1.29 is 23.8 Å². The molecule has 2 amide bonds. The first kappa shape index (κ1) is 25.2. The summed E-state index contributed by atoms with van der Waals surface area (Å²) in [6.45, 7) is 5.74. The number of aryl methyl sites for hydroxylation is 1. The van der Waals surface area contributed by atoms with Gasteiger partial charge in [-0.2, -0.15) is 4.68 Å². The van der Waals surface area contributed by atoms with Gasteiger partial charge in [0.1, 0.15) is 6.04 Å². The van der Waals surface area contributed by atoms with Gasteiger partial charge in [0.05, 0.1) is 25.9 Å². The van der Waals surface area contributed by atoms with Crippen LogP contribution in [0.3, 0.4) is 0 Å². The molecule has 1 atom stereocenters. The Morgan fingerprint density at radius 2 is 1.92 bits per heavy atom. The lowest BCUT2D eigenvalue weighted by Crippen LogP contribution is -2.43. The summed E-state index contributed by atoms with van der Waals surface area (Å²) >= 11 is 0. The second-order valence-electron chi connectivity index (χ2n) is 8.97. The van der Waals surface area contributed by atoms with Crippen LogP contribution in [0, 0.1) is 6.92 Å². The predicted molar refractivity (Wildman–Crippen MR) is 138 cm³/mol. The normalized spacial score (nSPS) is 16.9. The van der Waals surface area contributed by atoms with Crippen LogP contribution in [0.25, 0.3) is 0 Å². The fourth-order valence-corrected chi connectivity index (χ4v) is 4.53. The molecule has 38 heavy (non-hydrogen) atoms. The van der Waals surface area contributed by atoms with Gasteiger partial charge in [-0.25, -0.2) is 0 Å². The highest BCUT2D eigenvalue weighted by Crippen LogP contribution is 2.38. The van der Waals surface area contributed by atoms with Gasteiger partial charge in [-0.1, -0.05) is 29.4 Å². The molecule has 3 aromatic rings. The zero-order chi connectivity index (χ0) is 26.6. The van der Waals surface area contributed by atoms with E-state index in [1.54, 1.807) is 21.7 Å². The first-order chi connectivity index (χ1) is 18.5. The van der Waals surface area contributed by atoms with E-state index in [9.17, 15) is 9.59 Å². The van der Waals surface area contributed by atoms with Crippen LogP contribution < -0.4 is 20.1 Å². The first-order valence-electron chi connectivity index (χ1n) is 12.2. The smallest absolute Gasteiger partial charge is 0.260 e. The van der Waals surface area contributed by atoms with Gasteiger partial charge in [0.25, 0.3) is 11.8 Å². The van der Waals surface area contributed by atoms with Gasteiger partial charge in [0.15, 0.2) is 18.1 Å². The maximum absolute atomic E-state index is 13.6. The molecule has 2 aliphatic rings. The predicted octanol–water partition coefficient (Wildman–Crippen LogP) is 2.16. The molecule has 0 saturated carbocycles. The van der Waals surface area contributed by atoms with Crippen molar-refractivity contribution in [2.45, 2.75) is 19.9 Å². The highest BCUT2D eigenvalue weighted by Gasteiger charge is 2.35. The van der Waals surface area contributed by atoms with E-state index >= 15 is 0 Å². The Morgan fingerprint density at radius 1 is 1.13 bits per heavy atom. The van der Waals surface area contributed by atoms with Crippen molar-refractivity contribution in [2.24, 2.45) is 0 Å². The number of hydrogen-bond donors (Lipinski definition) is 2. The number of tetrazole rings is 1. The lowest BCUT2D eigenvalue weighted by Gasteiger charge is -2.28. The Kier molecular flexibility index (Phi) is 7.22. The number of aromatic nitrogens is 4. The highest BCUT2D eigenvalue weighted by molar-refractivity contribution is 6.06. The van der Waals surface area contributed by atoms with E-state index in [0.717, 1.165) is 5.56 Å². The summed E-state index contributed by atoms with van der Waals surface area (Å²) in [4.78, 5) is 27.9. The van der Waals surface area contributed by atoms with Crippen LogP contribution in [0.1, 0.15) is 24.1 Å². The molecule has 2 N–H and O–H groups in total. The number of methoxy groups -OCH3 is 1. The molecule has 1 fully saturated rings. The fourth-order valence-electron chi connectivity index (χ4n) is 4.53. The number of nitrogens with one attached hydrogen (secondary N) is 2. The van der Waals surface area contributed by atoms with Crippen LogP contribution in [0.15, 0.2) is 53.7 Å².